The van der Waals surface area contributed by atoms with Crippen LogP contribution in [0.3, 0.4) is 0 Å². The maximum absolute atomic E-state index is 13.2. The second kappa shape index (κ2) is 6.68. The van der Waals surface area contributed by atoms with Crippen molar-refractivity contribution in [2.45, 2.75) is 66.4 Å². The molecule has 0 aromatic carbocycles. The minimum Gasteiger partial charge on any atom is -0.462 e. The number of ether oxygens (including phenoxy) is 1. The molecule has 3 rings (SSSR count). The van der Waals surface area contributed by atoms with E-state index in [1.54, 1.807) is 6.92 Å². The predicted molar refractivity (Wildman–Crippen MR) is 99.7 cm³/mol. The van der Waals surface area contributed by atoms with Crippen molar-refractivity contribution in [1.82, 2.24) is 0 Å². The van der Waals surface area contributed by atoms with Crippen molar-refractivity contribution >= 4 is 23.8 Å². The van der Waals surface area contributed by atoms with E-state index < -0.39 is 10.8 Å². The van der Waals surface area contributed by atoms with Crippen LogP contribution in [0.15, 0.2) is 11.6 Å². The molecule has 0 bridgehead atoms. The number of ketones is 2. The number of hydrogen-bond acceptors (Lipinski definition) is 5. The Kier molecular flexibility index (Phi) is 4.94. The van der Waals surface area contributed by atoms with Gasteiger partial charge in [0.1, 0.15) is 18.2 Å². The standard InChI is InChI=1S/C22H30O5/c1-12-10-18(27-14(3)25)17-11-19(26)21(4)8-6-15(13(2)24)20(21)22(17,5)16(12)7-9-23/h6,9,12,16-18,20H,7-8,10-11H2,1-5H3/t12-,16+,17-,18-,20+,21+,22-/m0/s1. The SMILES string of the molecule is CC(=O)O[C@H]1C[C@H](C)[C@@H](CC=O)[C@@]2(C)[C@H]1CC(=O)[C@@]1(C)CC=C(C(C)=O)[C@@H]21. The summed E-state index contributed by atoms with van der Waals surface area (Å²) in [5.74, 6) is -0.423. The third-order valence-electron chi connectivity index (χ3n) is 7.77. The Labute approximate surface area is 160 Å². The van der Waals surface area contributed by atoms with Gasteiger partial charge >= 0.3 is 5.97 Å². The largest absolute Gasteiger partial charge is 0.462 e. The Hall–Kier alpha value is -1.78. The molecule has 3 aliphatic rings. The molecule has 2 saturated carbocycles. The lowest BCUT2D eigenvalue weighted by Crippen LogP contribution is -2.62. The van der Waals surface area contributed by atoms with Gasteiger partial charge in [-0.3, -0.25) is 14.4 Å². The Bertz CT molecular complexity index is 722. The average Bonchev–Trinajstić information content (AvgIpc) is 2.94. The topological polar surface area (TPSA) is 77.5 Å². The van der Waals surface area contributed by atoms with Crippen molar-refractivity contribution in [1.29, 1.82) is 0 Å². The number of aldehydes is 1. The van der Waals surface area contributed by atoms with Crippen molar-refractivity contribution in [3.05, 3.63) is 11.6 Å². The molecule has 0 aromatic heterocycles. The highest BCUT2D eigenvalue weighted by Crippen LogP contribution is 2.67. The normalized spacial score (nSPS) is 43.4. The van der Waals surface area contributed by atoms with Crippen LogP contribution in [0, 0.1) is 34.5 Å². The molecule has 0 spiro atoms. The molecule has 0 radical (unpaired) electrons. The minimum atomic E-state index is -0.620. The van der Waals surface area contributed by atoms with Gasteiger partial charge in [0.15, 0.2) is 5.78 Å². The van der Waals surface area contributed by atoms with Gasteiger partial charge in [-0.1, -0.05) is 26.8 Å². The number of Topliss-reactive ketones (excluding diaryl/α,β-unsaturated/α-hetero) is 2. The van der Waals surface area contributed by atoms with Crippen molar-refractivity contribution in [2.75, 3.05) is 0 Å². The first-order valence-corrected chi connectivity index (χ1v) is 9.92. The van der Waals surface area contributed by atoms with Crippen LogP contribution in [0.4, 0.5) is 0 Å². The van der Waals surface area contributed by atoms with E-state index in [-0.39, 0.29) is 47.3 Å². The molecule has 27 heavy (non-hydrogen) atoms. The average molecular weight is 374 g/mol. The van der Waals surface area contributed by atoms with Crippen LogP contribution in [0.25, 0.3) is 0 Å². The molecular weight excluding hydrogens is 344 g/mol. The Morgan fingerprint density at radius 2 is 1.96 bits per heavy atom. The number of carbonyl (C=O) groups is 4. The summed E-state index contributed by atoms with van der Waals surface area (Å²) in [6.45, 7) is 9.12. The molecule has 0 aliphatic heterocycles. The molecule has 7 atom stereocenters. The molecule has 0 amide bonds. The molecule has 2 fully saturated rings. The highest BCUT2D eigenvalue weighted by molar-refractivity contribution is 5.98. The van der Waals surface area contributed by atoms with E-state index in [0.29, 0.717) is 31.3 Å². The first-order chi connectivity index (χ1) is 12.6. The zero-order valence-corrected chi connectivity index (χ0v) is 16.9. The number of fused-ring (bicyclic) bond motifs is 3. The van der Waals surface area contributed by atoms with Crippen LogP contribution in [0.1, 0.15) is 60.3 Å². The van der Waals surface area contributed by atoms with Gasteiger partial charge in [-0.2, -0.15) is 0 Å². The van der Waals surface area contributed by atoms with E-state index >= 15 is 0 Å². The summed E-state index contributed by atoms with van der Waals surface area (Å²) >= 11 is 0. The number of esters is 1. The van der Waals surface area contributed by atoms with Gasteiger partial charge in [-0.25, -0.2) is 0 Å². The first kappa shape index (κ1) is 20.0. The number of rotatable bonds is 4. The molecule has 148 valence electrons. The van der Waals surface area contributed by atoms with Crippen molar-refractivity contribution in [3.8, 4) is 0 Å². The molecule has 0 saturated heterocycles. The van der Waals surface area contributed by atoms with E-state index in [9.17, 15) is 19.2 Å². The van der Waals surface area contributed by atoms with Crippen LogP contribution >= 0.6 is 0 Å². The summed E-state index contributed by atoms with van der Waals surface area (Å²) in [6.07, 6.45) is 4.47. The van der Waals surface area contributed by atoms with E-state index in [1.807, 2.05) is 13.0 Å². The predicted octanol–water partition coefficient (Wildman–Crippen LogP) is 3.30. The molecule has 0 heterocycles. The Morgan fingerprint density at radius 3 is 2.52 bits per heavy atom. The first-order valence-electron chi connectivity index (χ1n) is 9.92. The lowest BCUT2D eigenvalue weighted by molar-refractivity contribution is -0.189. The molecule has 3 aliphatic carbocycles. The van der Waals surface area contributed by atoms with Crippen molar-refractivity contribution < 1.29 is 23.9 Å². The third kappa shape index (κ3) is 2.81. The molecule has 5 heteroatoms. The molecule has 5 nitrogen and oxygen atoms in total. The maximum atomic E-state index is 13.2. The van der Waals surface area contributed by atoms with Gasteiger partial charge in [-0.05, 0) is 42.6 Å². The lowest BCUT2D eigenvalue weighted by atomic mass is 9.42. The zero-order valence-electron chi connectivity index (χ0n) is 16.9. The van der Waals surface area contributed by atoms with Gasteiger partial charge in [0.25, 0.3) is 0 Å². The summed E-state index contributed by atoms with van der Waals surface area (Å²) in [4.78, 5) is 48.9. The highest BCUT2D eigenvalue weighted by atomic mass is 16.5. The van der Waals surface area contributed by atoms with Gasteiger partial charge < -0.3 is 9.53 Å². The van der Waals surface area contributed by atoms with E-state index in [2.05, 4.69) is 13.8 Å². The summed E-state index contributed by atoms with van der Waals surface area (Å²) in [7, 11) is 0. The summed E-state index contributed by atoms with van der Waals surface area (Å²) in [5.41, 5.74) is -0.356. The minimum absolute atomic E-state index is 0.00878. The quantitative estimate of drug-likeness (QED) is 0.557. The smallest absolute Gasteiger partial charge is 0.302 e. The van der Waals surface area contributed by atoms with Gasteiger partial charge in [-0.15, -0.1) is 0 Å². The molecular formula is C22H30O5. The highest BCUT2D eigenvalue weighted by Gasteiger charge is 2.67. The van der Waals surface area contributed by atoms with Crippen LogP contribution in [-0.2, 0) is 23.9 Å². The molecule has 0 aromatic rings. The summed E-state index contributed by atoms with van der Waals surface area (Å²) in [5, 5.41) is 0. The molecule has 0 unspecified atom stereocenters. The monoisotopic (exact) mass is 374 g/mol. The third-order valence-corrected chi connectivity index (χ3v) is 7.77. The van der Waals surface area contributed by atoms with Gasteiger partial charge in [0.05, 0.1) is 0 Å². The Morgan fingerprint density at radius 1 is 1.30 bits per heavy atom. The fourth-order valence-electron chi connectivity index (χ4n) is 6.67. The van der Waals surface area contributed by atoms with Crippen LogP contribution in [0.5, 0.6) is 0 Å². The van der Waals surface area contributed by atoms with Crippen LogP contribution < -0.4 is 0 Å². The number of carbonyl (C=O) groups excluding carboxylic acids is 4. The summed E-state index contributed by atoms with van der Waals surface area (Å²) < 4.78 is 5.66. The zero-order chi connectivity index (χ0) is 20.1. The van der Waals surface area contributed by atoms with E-state index in [0.717, 1.165) is 6.29 Å². The number of hydrogen-bond donors (Lipinski definition) is 0. The maximum Gasteiger partial charge on any atom is 0.302 e. The van der Waals surface area contributed by atoms with E-state index in [1.165, 1.54) is 6.92 Å². The van der Waals surface area contributed by atoms with Crippen molar-refractivity contribution in [3.63, 3.8) is 0 Å². The van der Waals surface area contributed by atoms with Gasteiger partial charge in [0.2, 0.25) is 0 Å². The fraction of sp³-hybridized carbons (Fsp3) is 0.727. The molecule has 0 N–H and O–H groups in total. The Balaban J connectivity index is 2.17. The van der Waals surface area contributed by atoms with Gasteiger partial charge in [0, 0.05) is 37.0 Å². The lowest BCUT2D eigenvalue weighted by Gasteiger charge is -2.62. The fourth-order valence-corrected chi connectivity index (χ4v) is 6.67. The second-order valence-electron chi connectivity index (χ2n) is 9.24. The van der Waals surface area contributed by atoms with Crippen LogP contribution in [-0.4, -0.2) is 29.9 Å². The second-order valence-corrected chi connectivity index (χ2v) is 9.24. The van der Waals surface area contributed by atoms with Crippen molar-refractivity contribution in [2.24, 2.45) is 34.5 Å². The van der Waals surface area contributed by atoms with E-state index in [4.69, 9.17) is 4.74 Å². The number of allylic oxidation sites excluding steroid dienone is 2. The summed E-state index contributed by atoms with van der Waals surface area (Å²) in [6, 6.07) is 0. The van der Waals surface area contributed by atoms with Crippen LogP contribution in [0.2, 0.25) is 0 Å².